The van der Waals surface area contributed by atoms with E-state index < -0.39 is 18.0 Å². The molecule has 1 aliphatic heterocycles. The molecule has 2 rings (SSSR count). The van der Waals surface area contributed by atoms with E-state index in [1.807, 2.05) is 18.2 Å². The first kappa shape index (κ1) is 16.8. The van der Waals surface area contributed by atoms with Gasteiger partial charge in [-0.15, -0.1) is 0 Å². The molecule has 0 bridgehead atoms. The molecule has 0 saturated heterocycles. The van der Waals surface area contributed by atoms with Crippen molar-refractivity contribution in [3.05, 3.63) is 36.1 Å². The normalized spacial score (nSPS) is 24.5. The molecule has 124 valence electrons. The first-order valence-electron chi connectivity index (χ1n) is 7.30. The van der Waals surface area contributed by atoms with Gasteiger partial charge in [0.05, 0.1) is 5.92 Å². The number of rotatable bonds is 6. The Hall–Kier alpha value is -2.61. The maximum Gasteiger partial charge on any atom is 0.333 e. The molecule has 0 aromatic carbocycles. The molecular formula is C15H20N4O4. The Kier molecular flexibility index (Phi) is 5.53. The summed E-state index contributed by atoms with van der Waals surface area (Å²) in [5, 5.41) is 11.6. The Bertz CT molecular complexity index is 594. The van der Waals surface area contributed by atoms with Gasteiger partial charge in [-0.3, -0.25) is 9.79 Å². The fourth-order valence-electron chi connectivity index (χ4n) is 2.31. The second-order valence-corrected chi connectivity index (χ2v) is 5.28. The molecule has 3 atom stereocenters. The number of carbonyl (C=O) groups excluding carboxylic acids is 1. The van der Waals surface area contributed by atoms with Gasteiger partial charge in [0.15, 0.2) is 5.96 Å². The fraction of sp³-hybridized carbons (Fsp3) is 0.400. The predicted molar refractivity (Wildman–Crippen MR) is 84.2 cm³/mol. The Morgan fingerprint density at radius 1 is 1.43 bits per heavy atom. The van der Waals surface area contributed by atoms with Crippen LogP contribution in [0.25, 0.3) is 0 Å². The lowest BCUT2D eigenvalue weighted by molar-refractivity contribution is -0.143. The second-order valence-electron chi connectivity index (χ2n) is 5.28. The van der Waals surface area contributed by atoms with Crippen molar-refractivity contribution < 1.29 is 19.4 Å². The molecule has 0 radical (unpaired) electrons. The number of nitrogens with one attached hydrogen (secondary N) is 1. The number of esters is 1. The number of carbonyl (C=O) groups is 2. The van der Waals surface area contributed by atoms with Crippen molar-refractivity contribution in [1.29, 1.82) is 0 Å². The van der Waals surface area contributed by atoms with Crippen LogP contribution in [0.3, 0.4) is 0 Å². The van der Waals surface area contributed by atoms with E-state index in [2.05, 4.69) is 10.3 Å². The lowest BCUT2D eigenvalue weighted by atomic mass is 9.92. The van der Waals surface area contributed by atoms with Gasteiger partial charge in [0.1, 0.15) is 12.1 Å². The van der Waals surface area contributed by atoms with Crippen LogP contribution in [0.5, 0.6) is 0 Å². The number of hydrogen-bond donors (Lipinski definition) is 4. The van der Waals surface area contributed by atoms with Gasteiger partial charge in [-0.2, -0.15) is 0 Å². The number of nitrogens with zero attached hydrogens (tertiary/aromatic N) is 1. The van der Waals surface area contributed by atoms with Crippen LogP contribution in [0.1, 0.15) is 12.8 Å². The number of nitrogens with two attached hydrogens (primary N) is 2. The number of aliphatic carboxylic acids is 1. The zero-order valence-corrected chi connectivity index (χ0v) is 12.5. The first-order chi connectivity index (χ1) is 11.0. The molecule has 0 spiro atoms. The summed E-state index contributed by atoms with van der Waals surface area (Å²) in [4.78, 5) is 26.3. The highest BCUT2D eigenvalue weighted by atomic mass is 16.5. The van der Waals surface area contributed by atoms with Gasteiger partial charge < -0.3 is 26.6 Å². The molecule has 8 heteroatoms. The van der Waals surface area contributed by atoms with E-state index in [0.29, 0.717) is 25.1 Å². The molecule has 2 aliphatic rings. The lowest BCUT2D eigenvalue weighted by Crippen LogP contribution is -2.41. The SMILES string of the molecule is NC(=NCCC[C@@H](N)C(=O)O)NC1=CC(=O)OC2C=CC=CC12. The van der Waals surface area contributed by atoms with Gasteiger partial charge in [0.25, 0.3) is 0 Å². The molecule has 8 nitrogen and oxygen atoms in total. The third-order valence-corrected chi connectivity index (χ3v) is 3.51. The number of guanidine groups is 1. The molecule has 6 N–H and O–H groups in total. The van der Waals surface area contributed by atoms with Crippen LogP contribution < -0.4 is 16.8 Å². The van der Waals surface area contributed by atoms with Gasteiger partial charge >= 0.3 is 11.9 Å². The van der Waals surface area contributed by atoms with Crippen LogP contribution in [-0.2, 0) is 14.3 Å². The second kappa shape index (κ2) is 7.59. The molecule has 0 aromatic rings. The van der Waals surface area contributed by atoms with Gasteiger partial charge in [0, 0.05) is 18.3 Å². The Morgan fingerprint density at radius 2 is 2.17 bits per heavy atom. The molecule has 0 fully saturated rings. The minimum absolute atomic E-state index is 0.119. The van der Waals surface area contributed by atoms with Crippen LogP contribution in [0, 0.1) is 5.92 Å². The summed E-state index contributed by atoms with van der Waals surface area (Å²) in [5.74, 6) is -1.42. The van der Waals surface area contributed by atoms with E-state index in [1.165, 1.54) is 6.08 Å². The smallest absolute Gasteiger partial charge is 0.333 e. The highest BCUT2D eigenvalue weighted by Crippen LogP contribution is 2.26. The van der Waals surface area contributed by atoms with Crippen molar-refractivity contribution in [1.82, 2.24) is 5.32 Å². The van der Waals surface area contributed by atoms with Crippen LogP contribution in [0.2, 0.25) is 0 Å². The summed E-state index contributed by atoms with van der Waals surface area (Å²) >= 11 is 0. The molecule has 1 aliphatic carbocycles. The third-order valence-electron chi connectivity index (χ3n) is 3.51. The van der Waals surface area contributed by atoms with Gasteiger partial charge in [-0.1, -0.05) is 18.2 Å². The van der Waals surface area contributed by atoms with Crippen molar-refractivity contribution in [2.45, 2.75) is 25.0 Å². The standard InChI is InChI=1S/C15H20N4O4/c16-10(14(21)22)5-3-7-18-15(17)19-11-8-13(20)23-12-6-2-1-4-9(11)12/h1-2,4,6,8-10,12H,3,5,7,16H2,(H,21,22)(H3,17,18,19)/t9?,10-,12?/m1/s1. The summed E-state index contributed by atoms with van der Waals surface area (Å²) in [6.45, 7) is 0.349. The van der Waals surface area contributed by atoms with E-state index in [1.54, 1.807) is 6.08 Å². The first-order valence-corrected chi connectivity index (χ1v) is 7.30. The fourth-order valence-corrected chi connectivity index (χ4v) is 2.31. The highest BCUT2D eigenvalue weighted by molar-refractivity contribution is 5.87. The summed E-state index contributed by atoms with van der Waals surface area (Å²) < 4.78 is 5.21. The Morgan fingerprint density at radius 3 is 2.91 bits per heavy atom. The summed E-state index contributed by atoms with van der Waals surface area (Å²) in [6.07, 6.45) is 9.24. The number of aliphatic imine (C=N–C) groups is 1. The van der Waals surface area contributed by atoms with Crippen molar-refractivity contribution >= 4 is 17.9 Å². The number of fused-ring (bicyclic) bond motifs is 1. The molecule has 0 amide bonds. The van der Waals surface area contributed by atoms with Crippen LogP contribution in [-0.4, -0.2) is 41.7 Å². The van der Waals surface area contributed by atoms with Crippen LogP contribution in [0.4, 0.5) is 0 Å². The van der Waals surface area contributed by atoms with E-state index in [9.17, 15) is 9.59 Å². The van der Waals surface area contributed by atoms with Gasteiger partial charge in [0.2, 0.25) is 0 Å². The van der Waals surface area contributed by atoms with Crippen molar-refractivity contribution in [3.8, 4) is 0 Å². The highest BCUT2D eigenvalue weighted by Gasteiger charge is 2.30. The van der Waals surface area contributed by atoms with Crippen molar-refractivity contribution in [3.63, 3.8) is 0 Å². The number of ether oxygens (including phenoxy) is 1. The molecule has 2 unspecified atom stereocenters. The van der Waals surface area contributed by atoms with Crippen molar-refractivity contribution in [2.24, 2.45) is 22.4 Å². The van der Waals surface area contributed by atoms with Gasteiger partial charge in [-0.05, 0) is 18.9 Å². The Labute approximate surface area is 133 Å². The minimum Gasteiger partial charge on any atom is -0.480 e. The zero-order chi connectivity index (χ0) is 16.8. The molecular weight excluding hydrogens is 300 g/mol. The predicted octanol–water partition coefficient (Wildman–Crippen LogP) is -0.366. The third kappa shape index (κ3) is 4.68. The summed E-state index contributed by atoms with van der Waals surface area (Å²) in [7, 11) is 0. The number of carboxylic acid groups (broad SMARTS) is 1. The maximum atomic E-state index is 11.6. The largest absolute Gasteiger partial charge is 0.480 e. The Balaban J connectivity index is 1.88. The van der Waals surface area contributed by atoms with Gasteiger partial charge in [-0.25, -0.2) is 4.79 Å². The zero-order valence-electron chi connectivity index (χ0n) is 12.5. The van der Waals surface area contributed by atoms with E-state index in [4.69, 9.17) is 21.3 Å². The number of allylic oxidation sites excluding steroid dienone is 2. The molecule has 0 aromatic heterocycles. The monoisotopic (exact) mass is 320 g/mol. The van der Waals surface area contributed by atoms with E-state index in [-0.39, 0.29) is 18.0 Å². The van der Waals surface area contributed by atoms with E-state index in [0.717, 1.165) is 0 Å². The quantitative estimate of drug-likeness (QED) is 0.226. The lowest BCUT2D eigenvalue weighted by Gasteiger charge is -2.30. The minimum atomic E-state index is -1.03. The van der Waals surface area contributed by atoms with Crippen molar-refractivity contribution in [2.75, 3.05) is 6.54 Å². The molecule has 1 heterocycles. The molecule has 23 heavy (non-hydrogen) atoms. The maximum absolute atomic E-state index is 11.6. The topological polar surface area (TPSA) is 140 Å². The summed E-state index contributed by atoms with van der Waals surface area (Å²) in [5.41, 5.74) is 11.8. The average Bonchev–Trinajstić information content (AvgIpc) is 2.51. The average molecular weight is 320 g/mol. The van der Waals surface area contributed by atoms with E-state index >= 15 is 0 Å². The molecule has 0 saturated carbocycles. The number of hydrogen-bond acceptors (Lipinski definition) is 5. The number of carboxylic acids is 1. The van der Waals surface area contributed by atoms with Crippen LogP contribution >= 0.6 is 0 Å². The van der Waals surface area contributed by atoms with Crippen LogP contribution in [0.15, 0.2) is 41.1 Å². The summed E-state index contributed by atoms with van der Waals surface area (Å²) in [6, 6.07) is -0.893.